The summed E-state index contributed by atoms with van der Waals surface area (Å²) in [5.41, 5.74) is 6.28. The Balaban J connectivity index is 1.94. The summed E-state index contributed by atoms with van der Waals surface area (Å²) in [5, 5.41) is 4.88. The molecule has 1 aliphatic heterocycles. The van der Waals surface area contributed by atoms with Crippen LogP contribution in [-0.2, 0) is 0 Å². The van der Waals surface area contributed by atoms with Gasteiger partial charge in [-0.25, -0.2) is 0 Å². The van der Waals surface area contributed by atoms with Crippen molar-refractivity contribution < 1.29 is 4.79 Å². The van der Waals surface area contributed by atoms with E-state index in [1.54, 1.807) is 6.07 Å². The van der Waals surface area contributed by atoms with Crippen LogP contribution in [0.3, 0.4) is 0 Å². The van der Waals surface area contributed by atoms with E-state index in [0.717, 1.165) is 12.2 Å². The Hall–Kier alpha value is -0.680. The number of carbonyl (C=O) groups is 1. The van der Waals surface area contributed by atoms with E-state index in [9.17, 15) is 4.79 Å². The molecule has 1 fully saturated rings. The lowest BCUT2D eigenvalue weighted by Crippen LogP contribution is -2.38. The average molecular weight is 242 g/mol. The number of amides is 1. The van der Waals surface area contributed by atoms with Crippen molar-refractivity contribution in [3.05, 3.63) is 16.3 Å². The standard InChI is InChI=1S/C10H14N2OS2/c11-8-3-5-15-9(8)10(13)12-7-2-1-4-14-6-7/h3,5,7H,1-2,4,6,11H2,(H,12,13). The minimum absolute atomic E-state index is 0.0185. The lowest BCUT2D eigenvalue weighted by Gasteiger charge is -2.22. The van der Waals surface area contributed by atoms with Crippen LogP contribution in [0.25, 0.3) is 0 Å². The molecule has 15 heavy (non-hydrogen) atoms. The number of nitrogens with two attached hydrogens (primary N) is 1. The molecule has 0 aliphatic carbocycles. The molecule has 1 aromatic heterocycles. The van der Waals surface area contributed by atoms with E-state index in [0.29, 0.717) is 16.6 Å². The Morgan fingerprint density at radius 3 is 3.07 bits per heavy atom. The summed E-state index contributed by atoms with van der Waals surface area (Å²) in [6, 6.07) is 2.09. The SMILES string of the molecule is Nc1ccsc1C(=O)NC1CCCSC1. The Bertz CT molecular complexity index is 345. The zero-order valence-corrected chi connectivity index (χ0v) is 10.00. The number of carbonyl (C=O) groups excluding carboxylic acids is 1. The molecule has 3 nitrogen and oxygen atoms in total. The lowest BCUT2D eigenvalue weighted by atomic mass is 10.2. The fourth-order valence-electron chi connectivity index (χ4n) is 1.61. The van der Waals surface area contributed by atoms with Gasteiger partial charge in [-0.3, -0.25) is 4.79 Å². The molecule has 5 heteroatoms. The normalized spacial score (nSPS) is 21.2. The summed E-state index contributed by atoms with van der Waals surface area (Å²) in [6.45, 7) is 0. The van der Waals surface area contributed by atoms with Crippen LogP contribution >= 0.6 is 23.1 Å². The smallest absolute Gasteiger partial charge is 0.263 e. The Labute approximate surface area is 97.4 Å². The molecule has 1 amide bonds. The summed E-state index contributed by atoms with van der Waals surface area (Å²) in [5.74, 6) is 2.22. The maximum atomic E-state index is 11.8. The number of nitrogens with one attached hydrogen (secondary N) is 1. The monoisotopic (exact) mass is 242 g/mol. The van der Waals surface area contributed by atoms with Crippen molar-refractivity contribution in [2.45, 2.75) is 18.9 Å². The Kier molecular flexibility index (Phi) is 3.53. The van der Waals surface area contributed by atoms with Gasteiger partial charge in [0.15, 0.2) is 0 Å². The second-order valence-electron chi connectivity index (χ2n) is 3.59. The Morgan fingerprint density at radius 2 is 2.47 bits per heavy atom. The van der Waals surface area contributed by atoms with Gasteiger partial charge in [-0.1, -0.05) is 0 Å². The van der Waals surface area contributed by atoms with Crippen LogP contribution in [0.4, 0.5) is 5.69 Å². The molecule has 0 aromatic carbocycles. The van der Waals surface area contributed by atoms with Crippen LogP contribution in [0.5, 0.6) is 0 Å². The molecule has 1 atom stereocenters. The van der Waals surface area contributed by atoms with Gasteiger partial charge in [0.2, 0.25) is 0 Å². The van der Waals surface area contributed by atoms with Crippen molar-refractivity contribution in [2.24, 2.45) is 0 Å². The van der Waals surface area contributed by atoms with Crippen molar-refractivity contribution in [2.75, 3.05) is 17.2 Å². The molecule has 1 unspecified atom stereocenters. The van der Waals surface area contributed by atoms with E-state index in [1.165, 1.54) is 23.5 Å². The van der Waals surface area contributed by atoms with E-state index in [4.69, 9.17) is 5.73 Å². The molecule has 0 radical (unpaired) electrons. The van der Waals surface area contributed by atoms with E-state index >= 15 is 0 Å². The lowest BCUT2D eigenvalue weighted by molar-refractivity contribution is 0.0943. The third-order valence-corrected chi connectivity index (χ3v) is 4.54. The van der Waals surface area contributed by atoms with Gasteiger partial charge in [-0.05, 0) is 30.0 Å². The van der Waals surface area contributed by atoms with E-state index in [-0.39, 0.29) is 5.91 Å². The van der Waals surface area contributed by atoms with Gasteiger partial charge in [0.25, 0.3) is 5.91 Å². The summed E-state index contributed by atoms with van der Waals surface area (Å²) in [7, 11) is 0. The molecule has 2 heterocycles. The maximum absolute atomic E-state index is 11.8. The molecular weight excluding hydrogens is 228 g/mol. The van der Waals surface area contributed by atoms with Gasteiger partial charge in [0.05, 0.1) is 5.69 Å². The van der Waals surface area contributed by atoms with Crippen molar-refractivity contribution in [1.82, 2.24) is 5.32 Å². The average Bonchev–Trinajstić information content (AvgIpc) is 2.66. The topological polar surface area (TPSA) is 55.1 Å². The van der Waals surface area contributed by atoms with Crippen molar-refractivity contribution in [3.63, 3.8) is 0 Å². The first-order valence-corrected chi connectivity index (χ1v) is 7.02. The van der Waals surface area contributed by atoms with Crippen molar-refractivity contribution >= 4 is 34.7 Å². The molecule has 82 valence electrons. The third-order valence-electron chi connectivity index (χ3n) is 2.40. The highest BCUT2D eigenvalue weighted by atomic mass is 32.2. The molecule has 1 aromatic rings. The predicted molar refractivity (Wildman–Crippen MR) is 66.5 cm³/mol. The molecule has 2 rings (SSSR count). The molecule has 0 bridgehead atoms. The van der Waals surface area contributed by atoms with Gasteiger partial charge in [0.1, 0.15) is 4.88 Å². The maximum Gasteiger partial charge on any atom is 0.263 e. The van der Waals surface area contributed by atoms with Crippen LogP contribution in [0.15, 0.2) is 11.4 Å². The first-order chi connectivity index (χ1) is 7.27. The highest BCUT2D eigenvalue weighted by Gasteiger charge is 2.18. The van der Waals surface area contributed by atoms with E-state index < -0.39 is 0 Å². The first-order valence-electron chi connectivity index (χ1n) is 4.99. The third kappa shape index (κ3) is 2.66. The summed E-state index contributed by atoms with van der Waals surface area (Å²) in [6.07, 6.45) is 2.28. The van der Waals surface area contributed by atoms with Gasteiger partial charge in [-0.15, -0.1) is 11.3 Å². The highest BCUT2D eigenvalue weighted by Crippen LogP contribution is 2.21. The van der Waals surface area contributed by atoms with E-state index in [2.05, 4.69) is 5.32 Å². The number of thiophene rings is 1. The summed E-state index contributed by atoms with van der Waals surface area (Å²) in [4.78, 5) is 12.4. The number of thioether (sulfide) groups is 1. The fourth-order valence-corrected chi connectivity index (χ4v) is 3.40. The van der Waals surface area contributed by atoms with Crippen LogP contribution in [0.1, 0.15) is 22.5 Å². The number of nitrogen functional groups attached to an aromatic ring is 1. The molecular formula is C10H14N2OS2. The molecule has 1 aliphatic rings. The van der Waals surface area contributed by atoms with Crippen LogP contribution in [0, 0.1) is 0 Å². The Morgan fingerprint density at radius 1 is 1.60 bits per heavy atom. The number of anilines is 1. The second-order valence-corrected chi connectivity index (χ2v) is 5.66. The van der Waals surface area contributed by atoms with E-state index in [1.807, 2.05) is 17.1 Å². The zero-order chi connectivity index (χ0) is 10.7. The summed E-state index contributed by atoms with van der Waals surface area (Å²) >= 11 is 3.31. The van der Waals surface area contributed by atoms with Gasteiger partial charge in [-0.2, -0.15) is 11.8 Å². The quantitative estimate of drug-likeness (QED) is 0.833. The molecule has 3 N–H and O–H groups in total. The van der Waals surface area contributed by atoms with Gasteiger partial charge >= 0.3 is 0 Å². The van der Waals surface area contributed by atoms with Gasteiger partial charge < -0.3 is 11.1 Å². The van der Waals surface area contributed by atoms with Crippen LogP contribution in [0.2, 0.25) is 0 Å². The fraction of sp³-hybridized carbons (Fsp3) is 0.500. The van der Waals surface area contributed by atoms with Crippen LogP contribution < -0.4 is 11.1 Å². The number of rotatable bonds is 2. The van der Waals surface area contributed by atoms with Crippen molar-refractivity contribution in [3.8, 4) is 0 Å². The highest BCUT2D eigenvalue weighted by molar-refractivity contribution is 7.99. The predicted octanol–water partition coefficient (Wildman–Crippen LogP) is 1.96. The number of hydrogen-bond donors (Lipinski definition) is 2. The minimum atomic E-state index is -0.0185. The van der Waals surface area contributed by atoms with Crippen LogP contribution in [-0.4, -0.2) is 23.5 Å². The summed E-state index contributed by atoms with van der Waals surface area (Å²) < 4.78 is 0. The molecule has 1 saturated heterocycles. The molecule has 0 saturated carbocycles. The largest absolute Gasteiger partial charge is 0.397 e. The minimum Gasteiger partial charge on any atom is -0.397 e. The second kappa shape index (κ2) is 4.90. The zero-order valence-electron chi connectivity index (χ0n) is 8.36. The van der Waals surface area contributed by atoms with Crippen molar-refractivity contribution in [1.29, 1.82) is 0 Å². The van der Waals surface area contributed by atoms with Gasteiger partial charge in [0, 0.05) is 11.8 Å². The first kappa shape index (κ1) is 10.8. The molecule has 0 spiro atoms. The number of hydrogen-bond acceptors (Lipinski definition) is 4.